The fraction of sp³-hybridized carbons (Fsp3) is 0. The second-order valence-electron chi connectivity index (χ2n) is 0.855. The maximum Gasteiger partial charge on any atom is 1.00 e. The first-order valence-corrected chi connectivity index (χ1v) is 4.10. The third-order valence-electron chi connectivity index (χ3n) is 0. The van der Waals surface area contributed by atoms with Crippen LogP contribution in [0.2, 0.25) is 0 Å². The van der Waals surface area contributed by atoms with Gasteiger partial charge >= 0.3 is 80.9 Å². The van der Waals surface area contributed by atoms with E-state index in [0.29, 0.717) is 0 Å². The van der Waals surface area contributed by atoms with Gasteiger partial charge in [0.05, 0.1) is 0 Å². The Morgan fingerprint density at radius 3 is 0.833 bits per heavy atom. The Hall–Kier alpha value is 2.38. The third kappa shape index (κ3) is 284. The standard InChI is InChI=1S/K.Na.2H2O4S/c;;2*1-5(2,3)4/h;;2*(H2,1,2,3,4)/q2*+1;;/p-2. The van der Waals surface area contributed by atoms with E-state index in [4.69, 9.17) is 35.0 Å². The first-order valence-electron chi connectivity index (χ1n) is 1.37. The van der Waals surface area contributed by atoms with Gasteiger partial charge in [-0.05, 0) is 0 Å². The zero-order chi connectivity index (χ0) is 9.00. The van der Waals surface area contributed by atoms with Gasteiger partial charge in [0.2, 0.25) is 20.8 Å². The molecule has 0 fully saturated rings. The predicted octanol–water partition coefficient (Wildman–Crippen LogP) is -7.98. The van der Waals surface area contributed by atoms with Crippen LogP contribution in [0.15, 0.2) is 0 Å². The quantitative estimate of drug-likeness (QED) is 0.246. The van der Waals surface area contributed by atoms with Gasteiger partial charge in [0, 0.05) is 0 Å². The summed E-state index contributed by atoms with van der Waals surface area (Å²) in [6, 6.07) is 0. The molecule has 0 aliphatic carbocycles. The topological polar surface area (TPSA) is 155 Å². The van der Waals surface area contributed by atoms with Crippen molar-refractivity contribution in [3.63, 3.8) is 0 Å². The molecule has 8 nitrogen and oxygen atoms in total. The Morgan fingerprint density at radius 1 is 0.833 bits per heavy atom. The van der Waals surface area contributed by atoms with Gasteiger partial charge in [0.25, 0.3) is 0 Å². The number of hydrogen-bond donors (Lipinski definition) is 2. The van der Waals surface area contributed by atoms with Crippen LogP contribution in [0.5, 0.6) is 0 Å². The maximum absolute atomic E-state index is 8.63. The minimum Gasteiger partial charge on any atom is -0.726 e. The monoisotopic (exact) mass is 256 g/mol. The van der Waals surface area contributed by atoms with E-state index in [0.717, 1.165) is 0 Å². The molecule has 0 radical (unpaired) electrons. The third-order valence-corrected chi connectivity index (χ3v) is 0. The van der Waals surface area contributed by atoms with Crippen LogP contribution in [0.25, 0.3) is 0 Å². The van der Waals surface area contributed by atoms with Crippen LogP contribution >= 0.6 is 0 Å². The Labute approximate surface area is 134 Å². The predicted molar refractivity (Wildman–Crippen MR) is 24.7 cm³/mol. The fourth-order valence-electron chi connectivity index (χ4n) is 0. The van der Waals surface area contributed by atoms with Crippen LogP contribution in [0.3, 0.4) is 0 Å². The molecule has 12 heavy (non-hydrogen) atoms. The normalized spacial score (nSPS) is 9.67. The van der Waals surface area contributed by atoms with E-state index in [1.807, 2.05) is 0 Å². The molecule has 0 aliphatic rings. The average Bonchev–Trinajstić information content (AvgIpc) is 1.12. The largest absolute Gasteiger partial charge is 1.00 e. The van der Waals surface area contributed by atoms with Crippen LogP contribution in [0, 0.1) is 0 Å². The fourth-order valence-corrected chi connectivity index (χ4v) is 0. The summed E-state index contributed by atoms with van der Waals surface area (Å²) in [5.41, 5.74) is 0. The first kappa shape index (κ1) is 23.9. The molecule has 0 heterocycles. The summed E-state index contributed by atoms with van der Waals surface area (Å²) in [6.45, 7) is 0. The van der Waals surface area contributed by atoms with Crippen molar-refractivity contribution in [3.8, 4) is 0 Å². The van der Waals surface area contributed by atoms with Crippen molar-refractivity contribution in [1.29, 1.82) is 0 Å². The van der Waals surface area contributed by atoms with Gasteiger partial charge in [-0.3, -0.25) is 9.11 Å². The summed E-state index contributed by atoms with van der Waals surface area (Å²) >= 11 is 0. The van der Waals surface area contributed by atoms with Gasteiger partial charge in [0.15, 0.2) is 0 Å². The second-order valence-corrected chi connectivity index (χ2v) is 2.57. The van der Waals surface area contributed by atoms with Gasteiger partial charge in [-0.1, -0.05) is 0 Å². The molecule has 0 aromatic carbocycles. The molecule has 0 saturated heterocycles. The van der Waals surface area contributed by atoms with Gasteiger partial charge in [-0.15, -0.1) is 0 Å². The zero-order valence-electron chi connectivity index (χ0n) is 6.16. The van der Waals surface area contributed by atoms with Crippen LogP contribution in [-0.2, 0) is 20.8 Å². The Morgan fingerprint density at radius 2 is 0.833 bits per heavy atom. The van der Waals surface area contributed by atoms with Crippen molar-refractivity contribution >= 4 is 20.8 Å². The molecule has 0 bridgehead atoms. The molecule has 0 spiro atoms. The molecule has 0 saturated carbocycles. The molecule has 0 rings (SSSR count). The van der Waals surface area contributed by atoms with Gasteiger partial charge in [-0.2, -0.15) is 0 Å². The molecule has 0 amide bonds. The average molecular weight is 256 g/mol. The van der Waals surface area contributed by atoms with Crippen molar-refractivity contribution < 1.29 is 116 Å². The van der Waals surface area contributed by atoms with Crippen molar-refractivity contribution in [1.82, 2.24) is 0 Å². The SMILES string of the molecule is O=S(=O)([O-])O.O=S(=O)([O-])O.[K+].[Na+]. The summed E-state index contributed by atoms with van der Waals surface area (Å²) < 4.78 is 65.7. The summed E-state index contributed by atoms with van der Waals surface area (Å²) in [6.07, 6.45) is 0. The van der Waals surface area contributed by atoms with E-state index < -0.39 is 20.8 Å². The zero-order valence-corrected chi connectivity index (χ0v) is 12.9. The van der Waals surface area contributed by atoms with Crippen molar-refractivity contribution in [2.45, 2.75) is 0 Å². The van der Waals surface area contributed by atoms with E-state index in [1.165, 1.54) is 0 Å². The molecule has 0 atom stereocenters. The van der Waals surface area contributed by atoms with E-state index >= 15 is 0 Å². The van der Waals surface area contributed by atoms with Gasteiger partial charge in [0.1, 0.15) is 0 Å². The maximum atomic E-state index is 8.63. The molecule has 0 aromatic heterocycles. The van der Waals surface area contributed by atoms with Gasteiger partial charge in [-0.25, -0.2) is 16.8 Å². The molecule has 64 valence electrons. The van der Waals surface area contributed by atoms with E-state index in [1.54, 1.807) is 0 Å². The van der Waals surface area contributed by atoms with Crippen LogP contribution < -0.4 is 80.9 Å². The number of hydrogen-bond acceptors (Lipinski definition) is 6. The van der Waals surface area contributed by atoms with Crippen LogP contribution in [0.4, 0.5) is 0 Å². The van der Waals surface area contributed by atoms with Crippen LogP contribution in [-0.4, -0.2) is 35.0 Å². The number of rotatable bonds is 0. The summed E-state index contributed by atoms with van der Waals surface area (Å²) in [7, 11) is -9.83. The minimum absolute atomic E-state index is 0. The van der Waals surface area contributed by atoms with Crippen molar-refractivity contribution in [3.05, 3.63) is 0 Å². The molecule has 0 aliphatic heterocycles. The molecule has 12 heteroatoms. The van der Waals surface area contributed by atoms with E-state index in [9.17, 15) is 0 Å². The first-order chi connectivity index (χ1) is 4.00. The smallest absolute Gasteiger partial charge is 0.726 e. The summed E-state index contributed by atoms with van der Waals surface area (Å²) in [5.74, 6) is 0. The molecule has 0 aromatic rings. The summed E-state index contributed by atoms with van der Waals surface area (Å²) in [5, 5.41) is 0. The minimum atomic E-state index is -4.92. The second kappa shape index (κ2) is 9.91. The van der Waals surface area contributed by atoms with Crippen LogP contribution in [0.1, 0.15) is 0 Å². The van der Waals surface area contributed by atoms with E-state index in [2.05, 4.69) is 0 Å². The molecule has 2 N–H and O–H groups in total. The van der Waals surface area contributed by atoms with E-state index in [-0.39, 0.29) is 80.9 Å². The van der Waals surface area contributed by atoms with Crippen molar-refractivity contribution in [2.75, 3.05) is 0 Å². The Bertz CT molecular complexity index is 213. The molecular weight excluding hydrogens is 254 g/mol. The Kier molecular flexibility index (Phi) is 19.7. The van der Waals surface area contributed by atoms with Gasteiger partial charge < -0.3 is 9.11 Å². The van der Waals surface area contributed by atoms with Crippen molar-refractivity contribution in [2.24, 2.45) is 0 Å². The Balaban J connectivity index is -0.0000000457. The summed E-state index contributed by atoms with van der Waals surface area (Å²) in [4.78, 5) is 0. The molecular formula is H2KNaO8S2. The molecule has 0 unspecified atom stereocenters.